The highest BCUT2D eigenvalue weighted by Gasteiger charge is 2.13. The van der Waals surface area contributed by atoms with E-state index in [0.717, 1.165) is 0 Å². The predicted octanol–water partition coefficient (Wildman–Crippen LogP) is 1.05. The van der Waals surface area contributed by atoms with Crippen LogP contribution in [0.3, 0.4) is 0 Å². The van der Waals surface area contributed by atoms with Crippen molar-refractivity contribution in [3.63, 3.8) is 0 Å². The van der Waals surface area contributed by atoms with Gasteiger partial charge in [-0.25, -0.2) is 9.07 Å². The lowest BCUT2D eigenvalue weighted by molar-refractivity contribution is 0.175. The Morgan fingerprint density at radius 2 is 2.29 bits per heavy atom. The van der Waals surface area contributed by atoms with E-state index in [1.807, 2.05) is 0 Å². The lowest BCUT2D eigenvalue weighted by Crippen LogP contribution is -2.05. The van der Waals surface area contributed by atoms with Crippen LogP contribution in [0.25, 0.3) is 5.69 Å². The van der Waals surface area contributed by atoms with E-state index in [4.69, 9.17) is 9.84 Å². The van der Waals surface area contributed by atoms with Gasteiger partial charge < -0.3 is 9.84 Å². The van der Waals surface area contributed by atoms with Crippen LogP contribution in [0.15, 0.2) is 24.3 Å². The molecule has 0 aliphatic heterocycles. The minimum Gasteiger partial charge on any atom is -0.390 e. The third kappa shape index (κ3) is 2.32. The second-order valence-corrected chi connectivity index (χ2v) is 3.47. The van der Waals surface area contributed by atoms with Crippen molar-refractivity contribution in [2.24, 2.45) is 0 Å². The van der Waals surface area contributed by atoms with Gasteiger partial charge in [0.15, 0.2) is 0 Å². The minimum atomic E-state index is -0.355. The van der Waals surface area contributed by atoms with Gasteiger partial charge in [0, 0.05) is 7.11 Å². The molecule has 0 radical (unpaired) electrons. The summed E-state index contributed by atoms with van der Waals surface area (Å²) in [5.74, 6) is -0.355. The first-order valence-electron chi connectivity index (χ1n) is 5.05. The molecule has 0 spiro atoms. The summed E-state index contributed by atoms with van der Waals surface area (Å²) in [6.07, 6.45) is 0. The Kier molecular flexibility index (Phi) is 3.46. The highest BCUT2D eigenvalue weighted by molar-refractivity contribution is 5.33. The van der Waals surface area contributed by atoms with Gasteiger partial charge in [-0.3, -0.25) is 0 Å². The van der Waals surface area contributed by atoms with Crippen LogP contribution in [0.5, 0.6) is 0 Å². The molecule has 0 saturated carbocycles. The second kappa shape index (κ2) is 5.03. The molecule has 0 fully saturated rings. The summed E-state index contributed by atoms with van der Waals surface area (Å²) in [7, 11) is 1.53. The normalized spacial score (nSPS) is 10.8. The summed E-state index contributed by atoms with van der Waals surface area (Å²) in [6, 6.07) is 5.98. The van der Waals surface area contributed by atoms with E-state index in [0.29, 0.717) is 17.1 Å². The number of ether oxygens (including phenoxy) is 1. The quantitative estimate of drug-likeness (QED) is 0.863. The number of halogens is 1. The Labute approximate surface area is 97.5 Å². The van der Waals surface area contributed by atoms with Crippen molar-refractivity contribution in [1.29, 1.82) is 0 Å². The summed E-state index contributed by atoms with van der Waals surface area (Å²) in [6.45, 7) is 0.0212. The zero-order chi connectivity index (χ0) is 12.3. The fourth-order valence-electron chi connectivity index (χ4n) is 1.55. The average molecular weight is 237 g/mol. The molecule has 1 aromatic heterocycles. The Morgan fingerprint density at radius 3 is 2.94 bits per heavy atom. The molecule has 2 rings (SSSR count). The Bertz CT molecular complexity index is 513. The zero-order valence-corrected chi connectivity index (χ0v) is 9.30. The summed E-state index contributed by atoms with van der Waals surface area (Å²) in [5.41, 5.74) is 1.58. The molecule has 6 heteroatoms. The topological polar surface area (TPSA) is 60.2 Å². The molecule has 1 N–H and O–H groups in total. The van der Waals surface area contributed by atoms with Crippen LogP contribution in [-0.2, 0) is 18.0 Å². The number of aliphatic hydroxyl groups excluding tert-OH is 1. The van der Waals surface area contributed by atoms with E-state index in [2.05, 4.69) is 10.3 Å². The molecule has 1 aromatic carbocycles. The van der Waals surface area contributed by atoms with Gasteiger partial charge in [0.1, 0.15) is 11.5 Å². The van der Waals surface area contributed by atoms with E-state index >= 15 is 0 Å². The van der Waals surface area contributed by atoms with Crippen molar-refractivity contribution in [3.8, 4) is 5.69 Å². The lowest BCUT2D eigenvalue weighted by atomic mass is 10.3. The highest BCUT2D eigenvalue weighted by Crippen LogP contribution is 2.15. The van der Waals surface area contributed by atoms with E-state index < -0.39 is 0 Å². The van der Waals surface area contributed by atoms with Crippen molar-refractivity contribution < 1.29 is 14.2 Å². The molecule has 0 unspecified atom stereocenters. The molecule has 90 valence electrons. The fourth-order valence-corrected chi connectivity index (χ4v) is 1.55. The van der Waals surface area contributed by atoms with E-state index in [-0.39, 0.29) is 19.0 Å². The Hall–Kier alpha value is -1.79. The number of hydrogen-bond donors (Lipinski definition) is 1. The van der Waals surface area contributed by atoms with Crippen LogP contribution in [0.1, 0.15) is 11.4 Å². The summed E-state index contributed by atoms with van der Waals surface area (Å²) in [4.78, 5) is 0. The van der Waals surface area contributed by atoms with Gasteiger partial charge in [-0.05, 0) is 18.2 Å². The molecule has 0 saturated heterocycles. The van der Waals surface area contributed by atoms with Crippen LogP contribution >= 0.6 is 0 Å². The van der Waals surface area contributed by atoms with Crippen LogP contribution in [0.2, 0.25) is 0 Å². The number of aromatic nitrogens is 3. The number of methoxy groups -OCH3 is 1. The predicted molar refractivity (Wildman–Crippen MR) is 58.0 cm³/mol. The van der Waals surface area contributed by atoms with Crippen LogP contribution in [-0.4, -0.2) is 27.2 Å². The number of rotatable bonds is 4. The molecule has 0 atom stereocenters. The maximum Gasteiger partial charge on any atom is 0.125 e. The Morgan fingerprint density at radius 1 is 1.47 bits per heavy atom. The number of benzene rings is 1. The molecule has 0 amide bonds. The van der Waals surface area contributed by atoms with Crippen molar-refractivity contribution >= 4 is 0 Å². The highest BCUT2D eigenvalue weighted by atomic mass is 19.1. The summed E-state index contributed by atoms with van der Waals surface area (Å²) < 4.78 is 19.6. The van der Waals surface area contributed by atoms with Crippen molar-refractivity contribution in [1.82, 2.24) is 15.0 Å². The van der Waals surface area contributed by atoms with Crippen LogP contribution < -0.4 is 0 Å². The van der Waals surface area contributed by atoms with Crippen LogP contribution in [0, 0.1) is 5.82 Å². The van der Waals surface area contributed by atoms with E-state index in [1.165, 1.54) is 23.9 Å². The largest absolute Gasteiger partial charge is 0.390 e. The molecule has 5 nitrogen and oxygen atoms in total. The second-order valence-electron chi connectivity index (χ2n) is 3.47. The first-order valence-corrected chi connectivity index (χ1v) is 5.05. The van der Waals surface area contributed by atoms with Gasteiger partial charge >= 0.3 is 0 Å². The van der Waals surface area contributed by atoms with Crippen LogP contribution in [0.4, 0.5) is 4.39 Å². The van der Waals surface area contributed by atoms with E-state index in [9.17, 15) is 4.39 Å². The first-order chi connectivity index (χ1) is 8.26. The van der Waals surface area contributed by atoms with Gasteiger partial charge in [0.25, 0.3) is 0 Å². The zero-order valence-electron chi connectivity index (χ0n) is 9.30. The number of aliphatic hydroxyl groups is 1. The molecule has 17 heavy (non-hydrogen) atoms. The van der Waals surface area contributed by atoms with Crippen molar-refractivity contribution in [3.05, 3.63) is 41.5 Å². The van der Waals surface area contributed by atoms with Gasteiger partial charge in [-0.2, -0.15) is 0 Å². The first kappa shape index (κ1) is 11.7. The molecule has 0 bridgehead atoms. The standard InChI is InChI=1S/C11H12FN3O2/c1-17-7-11-10(6-16)13-14-15(11)9-4-2-3-8(12)5-9/h2-5,16H,6-7H2,1H3. The molecular formula is C11H12FN3O2. The molecular weight excluding hydrogens is 225 g/mol. The average Bonchev–Trinajstić information content (AvgIpc) is 2.72. The molecule has 0 aliphatic carbocycles. The van der Waals surface area contributed by atoms with Gasteiger partial charge in [0.2, 0.25) is 0 Å². The number of hydrogen-bond acceptors (Lipinski definition) is 4. The van der Waals surface area contributed by atoms with Crippen molar-refractivity contribution in [2.75, 3.05) is 7.11 Å². The van der Waals surface area contributed by atoms with Crippen molar-refractivity contribution in [2.45, 2.75) is 13.2 Å². The molecule has 2 aromatic rings. The summed E-state index contributed by atoms with van der Waals surface area (Å²) in [5, 5.41) is 16.8. The SMILES string of the molecule is COCc1c(CO)nnn1-c1cccc(F)c1. The third-order valence-corrected chi connectivity index (χ3v) is 2.33. The monoisotopic (exact) mass is 237 g/mol. The summed E-state index contributed by atoms with van der Waals surface area (Å²) >= 11 is 0. The van der Waals surface area contributed by atoms with E-state index in [1.54, 1.807) is 12.1 Å². The Balaban J connectivity index is 2.47. The van der Waals surface area contributed by atoms with Gasteiger partial charge in [-0.1, -0.05) is 11.3 Å². The maximum absolute atomic E-state index is 13.1. The van der Waals surface area contributed by atoms with Gasteiger partial charge in [0.05, 0.1) is 24.6 Å². The third-order valence-electron chi connectivity index (χ3n) is 2.33. The molecule has 1 heterocycles. The molecule has 0 aliphatic rings. The maximum atomic E-state index is 13.1. The minimum absolute atomic E-state index is 0.228. The smallest absolute Gasteiger partial charge is 0.125 e. The fraction of sp³-hybridized carbons (Fsp3) is 0.273. The lowest BCUT2D eigenvalue weighted by Gasteiger charge is -2.06. The van der Waals surface area contributed by atoms with Gasteiger partial charge in [-0.15, -0.1) is 5.10 Å². The number of nitrogens with zero attached hydrogens (tertiary/aromatic N) is 3.